The van der Waals surface area contributed by atoms with Crippen LogP contribution in [-0.4, -0.2) is 21.5 Å². The zero-order valence-corrected chi connectivity index (χ0v) is 11.6. The highest BCUT2D eigenvalue weighted by Gasteiger charge is 2.14. The first-order valence-electron chi connectivity index (χ1n) is 6.62. The highest BCUT2D eigenvalue weighted by Crippen LogP contribution is 2.17. The number of aromatic hydroxyl groups is 1. The zero-order valence-electron chi connectivity index (χ0n) is 11.6. The second-order valence-electron chi connectivity index (χ2n) is 4.84. The third-order valence-corrected chi connectivity index (χ3v) is 3.40. The average Bonchev–Trinajstić information content (AvgIpc) is 2.52. The second kappa shape index (κ2) is 5.28. The molecule has 2 heterocycles. The lowest BCUT2D eigenvalue weighted by Gasteiger charge is -2.19. The summed E-state index contributed by atoms with van der Waals surface area (Å²) in [5.41, 5.74) is 1.44. The summed E-state index contributed by atoms with van der Waals surface area (Å²) in [6, 6.07) is 14.9. The Labute approximate surface area is 121 Å². The molecule has 0 atom stereocenters. The van der Waals surface area contributed by atoms with Crippen molar-refractivity contribution in [2.24, 2.45) is 0 Å². The minimum atomic E-state index is -0.249. The summed E-state index contributed by atoms with van der Waals surface area (Å²) in [7, 11) is 1.87. The topological polar surface area (TPSA) is 57.8 Å². The largest absolute Gasteiger partial charge is 0.493 e. The molecule has 21 heavy (non-hydrogen) atoms. The van der Waals surface area contributed by atoms with Crippen molar-refractivity contribution in [2.45, 2.75) is 6.54 Å². The Morgan fingerprint density at radius 1 is 1.14 bits per heavy atom. The number of anilines is 1. The third kappa shape index (κ3) is 2.45. The molecule has 106 valence electrons. The number of pyridine rings is 1. The van der Waals surface area contributed by atoms with E-state index >= 15 is 0 Å². The molecular formula is C16H15N3O2. The van der Waals surface area contributed by atoms with Crippen molar-refractivity contribution in [1.29, 1.82) is 0 Å². The first kappa shape index (κ1) is 13.2. The number of benzene rings is 1. The van der Waals surface area contributed by atoms with Crippen molar-refractivity contribution in [3.8, 4) is 5.88 Å². The first-order valence-corrected chi connectivity index (χ1v) is 6.62. The lowest BCUT2D eigenvalue weighted by molar-refractivity contribution is 0.444. The molecule has 0 amide bonds. The lowest BCUT2D eigenvalue weighted by Crippen LogP contribution is -2.26. The van der Waals surface area contributed by atoms with Crippen molar-refractivity contribution >= 4 is 11.3 Å². The molecule has 0 bridgehead atoms. The summed E-state index contributed by atoms with van der Waals surface area (Å²) >= 11 is 0. The van der Waals surface area contributed by atoms with Crippen molar-refractivity contribution in [2.75, 3.05) is 11.9 Å². The Hall–Kier alpha value is -2.82. The predicted octanol–water partition coefficient (Wildman–Crippen LogP) is 2.04. The van der Waals surface area contributed by atoms with E-state index < -0.39 is 0 Å². The Kier molecular flexibility index (Phi) is 3.31. The summed E-state index contributed by atoms with van der Waals surface area (Å²) in [4.78, 5) is 18.4. The fraction of sp³-hybridized carbons (Fsp3) is 0.125. The second-order valence-corrected chi connectivity index (χ2v) is 4.84. The number of fused-ring (bicyclic) bond motifs is 1. The average molecular weight is 281 g/mol. The van der Waals surface area contributed by atoms with Gasteiger partial charge in [-0.25, -0.2) is 0 Å². The molecule has 1 N–H and O–H groups in total. The van der Waals surface area contributed by atoms with E-state index in [1.165, 1.54) is 4.40 Å². The molecular weight excluding hydrogens is 266 g/mol. The van der Waals surface area contributed by atoms with Crippen LogP contribution in [-0.2, 0) is 6.54 Å². The van der Waals surface area contributed by atoms with Crippen LogP contribution >= 0.6 is 0 Å². The fourth-order valence-corrected chi connectivity index (χ4v) is 2.26. The predicted molar refractivity (Wildman–Crippen MR) is 81.7 cm³/mol. The molecule has 0 aliphatic carbocycles. The standard InChI is InChI=1S/C16H15N3O2/c1-18(12-7-3-2-4-8-12)11-13-15(20)17-14-9-5-6-10-19(14)16(13)21/h2-10,20H,11H2,1H3. The van der Waals surface area contributed by atoms with E-state index in [4.69, 9.17) is 0 Å². The van der Waals surface area contributed by atoms with Crippen molar-refractivity contribution in [3.63, 3.8) is 0 Å². The Morgan fingerprint density at radius 2 is 1.86 bits per heavy atom. The monoisotopic (exact) mass is 281 g/mol. The SMILES string of the molecule is CN(Cc1c(O)nc2ccccn2c1=O)c1ccccc1. The van der Waals surface area contributed by atoms with Crippen LogP contribution in [0.2, 0.25) is 0 Å². The summed E-state index contributed by atoms with van der Waals surface area (Å²) in [6.07, 6.45) is 1.65. The fourth-order valence-electron chi connectivity index (χ4n) is 2.26. The highest BCUT2D eigenvalue weighted by atomic mass is 16.3. The number of nitrogens with zero attached hydrogens (tertiary/aromatic N) is 3. The lowest BCUT2D eigenvalue weighted by atomic mass is 10.2. The van der Waals surface area contributed by atoms with E-state index in [-0.39, 0.29) is 17.0 Å². The van der Waals surface area contributed by atoms with Crippen molar-refractivity contribution in [3.05, 3.63) is 70.6 Å². The van der Waals surface area contributed by atoms with Crippen LogP contribution in [0.25, 0.3) is 5.65 Å². The van der Waals surface area contributed by atoms with Crippen molar-refractivity contribution in [1.82, 2.24) is 9.38 Å². The maximum atomic E-state index is 12.5. The van der Waals surface area contributed by atoms with Gasteiger partial charge in [0, 0.05) is 18.9 Å². The van der Waals surface area contributed by atoms with Gasteiger partial charge in [0.1, 0.15) is 5.65 Å². The molecule has 3 rings (SSSR count). The van der Waals surface area contributed by atoms with Gasteiger partial charge in [0.15, 0.2) is 0 Å². The molecule has 0 unspecified atom stereocenters. The van der Waals surface area contributed by atoms with Gasteiger partial charge in [0.05, 0.1) is 12.1 Å². The molecule has 3 aromatic rings. The Bertz CT molecular complexity index is 828. The summed E-state index contributed by atoms with van der Waals surface area (Å²) < 4.78 is 1.44. The quantitative estimate of drug-likeness (QED) is 0.798. The van der Waals surface area contributed by atoms with Gasteiger partial charge in [-0.1, -0.05) is 24.3 Å². The van der Waals surface area contributed by atoms with Crippen LogP contribution in [0.4, 0.5) is 5.69 Å². The molecule has 5 heteroatoms. The molecule has 2 aromatic heterocycles. The first-order chi connectivity index (χ1) is 10.2. The van der Waals surface area contributed by atoms with Gasteiger partial charge in [0.25, 0.3) is 5.56 Å². The van der Waals surface area contributed by atoms with Crippen LogP contribution in [0.3, 0.4) is 0 Å². The van der Waals surface area contributed by atoms with E-state index in [1.54, 1.807) is 24.4 Å². The van der Waals surface area contributed by atoms with Crippen molar-refractivity contribution < 1.29 is 5.11 Å². The minimum absolute atomic E-state index is 0.214. The third-order valence-electron chi connectivity index (χ3n) is 3.40. The van der Waals surface area contributed by atoms with Gasteiger partial charge in [0.2, 0.25) is 5.88 Å². The van der Waals surface area contributed by atoms with Gasteiger partial charge >= 0.3 is 0 Å². The molecule has 0 radical (unpaired) electrons. The van der Waals surface area contributed by atoms with E-state index in [0.717, 1.165) is 5.69 Å². The number of rotatable bonds is 3. The highest BCUT2D eigenvalue weighted by molar-refractivity contribution is 5.48. The Morgan fingerprint density at radius 3 is 2.62 bits per heavy atom. The van der Waals surface area contributed by atoms with Crippen LogP contribution in [0.5, 0.6) is 5.88 Å². The number of hydrogen-bond donors (Lipinski definition) is 1. The minimum Gasteiger partial charge on any atom is -0.493 e. The molecule has 1 aromatic carbocycles. The van der Waals surface area contributed by atoms with E-state index in [2.05, 4.69) is 4.98 Å². The van der Waals surface area contributed by atoms with Crippen LogP contribution in [0.1, 0.15) is 5.56 Å². The maximum Gasteiger partial charge on any atom is 0.266 e. The molecule has 0 aliphatic heterocycles. The molecule has 0 aliphatic rings. The van der Waals surface area contributed by atoms with E-state index in [9.17, 15) is 9.90 Å². The molecule has 0 spiro atoms. The molecule has 0 fully saturated rings. The normalized spacial score (nSPS) is 10.7. The summed E-state index contributed by atoms with van der Waals surface area (Å²) in [6.45, 7) is 0.291. The van der Waals surface area contributed by atoms with Gasteiger partial charge in [-0.15, -0.1) is 0 Å². The molecule has 5 nitrogen and oxygen atoms in total. The van der Waals surface area contributed by atoms with Gasteiger partial charge in [-0.3, -0.25) is 9.20 Å². The molecule has 0 saturated heterocycles. The van der Waals surface area contributed by atoms with Crippen LogP contribution < -0.4 is 10.5 Å². The van der Waals surface area contributed by atoms with Crippen LogP contribution in [0.15, 0.2) is 59.5 Å². The van der Waals surface area contributed by atoms with Gasteiger partial charge in [-0.05, 0) is 24.3 Å². The van der Waals surface area contributed by atoms with Crippen LogP contribution in [0, 0.1) is 0 Å². The Balaban J connectivity index is 2.03. The van der Waals surface area contributed by atoms with E-state index in [1.807, 2.05) is 42.3 Å². The number of para-hydroxylation sites is 1. The smallest absolute Gasteiger partial charge is 0.266 e. The van der Waals surface area contributed by atoms with Gasteiger partial charge in [-0.2, -0.15) is 4.98 Å². The van der Waals surface area contributed by atoms with E-state index in [0.29, 0.717) is 12.2 Å². The summed E-state index contributed by atoms with van der Waals surface area (Å²) in [5.74, 6) is -0.214. The van der Waals surface area contributed by atoms with Gasteiger partial charge < -0.3 is 10.0 Å². The number of aromatic nitrogens is 2. The molecule has 0 saturated carbocycles. The maximum absolute atomic E-state index is 12.5. The zero-order chi connectivity index (χ0) is 14.8. The summed E-state index contributed by atoms with van der Waals surface area (Å²) in [5, 5.41) is 10.0. The number of hydrogen-bond acceptors (Lipinski definition) is 4.